The topological polar surface area (TPSA) is 12.9 Å². The smallest absolute Gasteiger partial charge is 0.141 e. The van der Waals surface area contributed by atoms with Gasteiger partial charge in [0.05, 0.1) is 7.21 Å². The van der Waals surface area contributed by atoms with Gasteiger partial charge in [-0.2, -0.15) is 0 Å². The number of hydrogen-bond acceptors (Lipinski definition) is 1. The Balaban J connectivity index is 3.46. The van der Waals surface area contributed by atoms with Gasteiger partial charge in [0.1, 0.15) is 10.4 Å². The Bertz CT molecular complexity index is 279. The van der Waals surface area contributed by atoms with Crippen LogP contribution in [0, 0.1) is 5.82 Å². The summed E-state index contributed by atoms with van der Waals surface area (Å²) in [4.78, 5) is 3.54. The van der Waals surface area contributed by atoms with Crippen molar-refractivity contribution in [1.82, 2.24) is 4.98 Å². The highest BCUT2D eigenvalue weighted by Crippen LogP contribution is 2.22. The lowest BCUT2D eigenvalue weighted by Crippen LogP contribution is -1.80. The van der Waals surface area contributed by atoms with Gasteiger partial charge in [0.15, 0.2) is 0 Å². The van der Waals surface area contributed by atoms with Gasteiger partial charge in [-0.05, 0) is 37.9 Å². The first-order chi connectivity index (χ1) is 5.04. The van der Waals surface area contributed by atoms with Crippen LogP contribution in [0.25, 0.3) is 0 Å². The first kappa shape index (κ1) is 4.79. The minimum absolute atomic E-state index is 0.0819. The third kappa shape index (κ3) is 1.49. The van der Waals surface area contributed by atoms with E-state index < -0.39 is 11.9 Å². The van der Waals surface area contributed by atoms with Gasteiger partial charge in [-0.25, -0.2) is 9.37 Å². The molecule has 0 radical (unpaired) electrons. The lowest BCUT2D eigenvalue weighted by Gasteiger charge is -1.92. The number of aromatic nitrogens is 1. The third-order valence-corrected chi connectivity index (χ3v) is 2.52. The SMILES string of the molecule is [2H]c1nc(Br)c(Br)c(F)c1[2H]. The summed E-state index contributed by atoms with van der Waals surface area (Å²) >= 11 is 5.81. The van der Waals surface area contributed by atoms with Gasteiger partial charge in [0, 0.05) is 6.17 Å². The Morgan fingerprint density at radius 3 is 3.00 bits per heavy atom. The Morgan fingerprint density at radius 2 is 2.33 bits per heavy atom. The van der Waals surface area contributed by atoms with Gasteiger partial charge in [-0.1, -0.05) is 0 Å². The molecular weight excluding hydrogens is 253 g/mol. The zero-order valence-corrected chi connectivity index (χ0v) is 7.25. The van der Waals surface area contributed by atoms with Crippen LogP contribution in [-0.2, 0) is 0 Å². The second-order valence-electron chi connectivity index (χ2n) is 1.27. The van der Waals surface area contributed by atoms with Crippen LogP contribution in [0.2, 0.25) is 0 Å². The molecule has 0 aliphatic carbocycles. The molecule has 0 bridgehead atoms. The van der Waals surface area contributed by atoms with Crippen LogP contribution in [0.5, 0.6) is 0 Å². The number of nitrogens with zero attached hydrogens (tertiary/aromatic N) is 1. The van der Waals surface area contributed by atoms with E-state index in [2.05, 4.69) is 36.8 Å². The Hall–Kier alpha value is 0.0400. The molecule has 0 aliphatic rings. The molecule has 0 aromatic carbocycles. The van der Waals surface area contributed by atoms with Crippen LogP contribution < -0.4 is 0 Å². The summed E-state index contributed by atoms with van der Waals surface area (Å²) in [5.74, 6) is -0.767. The molecular formula is C5H2Br2FN. The highest BCUT2D eigenvalue weighted by Gasteiger charge is 2.01. The van der Waals surface area contributed by atoms with E-state index in [9.17, 15) is 4.39 Å². The lowest BCUT2D eigenvalue weighted by molar-refractivity contribution is 0.617. The first-order valence-electron chi connectivity index (χ1n) is 3.01. The van der Waals surface area contributed by atoms with Crippen LogP contribution in [0.3, 0.4) is 0 Å². The molecule has 0 saturated heterocycles. The van der Waals surface area contributed by atoms with Crippen molar-refractivity contribution < 1.29 is 7.13 Å². The maximum atomic E-state index is 12.8. The molecule has 1 aromatic heterocycles. The second-order valence-corrected chi connectivity index (χ2v) is 2.81. The molecule has 0 N–H and O–H groups in total. The van der Waals surface area contributed by atoms with Crippen LogP contribution in [-0.4, -0.2) is 4.98 Å². The predicted octanol–water partition coefficient (Wildman–Crippen LogP) is 2.75. The molecule has 0 atom stereocenters. The van der Waals surface area contributed by atoms with Crippen LogP contribution >= 0.6 is 31.9 Å². The van der Waals surface area contributed by atoms with E-state index in [4.69, 9.17) is 2.74 Å². The average molecular weight is 257 g/mol. The van der Waals surface area contributed by atoms with E-state index in [0.29, 0.717) is 0 Å². The Labute approximate surface area is 71.4 Å². The molecule has 0 aliphatic heterocycles. The maximum absolute atomic E-state index is 12.8. The van der Waals surface area contributed by atoms with Crippen molar-refractivity contribution in [3.63, 3.8) is 0 Å². The summed E-state index contributed by atoms with van der Waals surface area (Å²) < 4.78 is 27.1. The third-order valence-electron chi connectivity index (χ3n) is 0.694. The van der Waals surface area contributed by atoms with E-state index in [1.165, 1.54) is 0 Å². The van der Waals surface area contributed by atoms with E-state index in [1.807, 2.05) is 0 Å². The second kappa shape index (κ2) is 2.75. The van der Waals surface area contributed by atoms with Crippen molar-refractivity contribution in [2.75, 3.05) is 0 Å². The highest BCUT2D eigenvalue weighted by atomic mass is 79.9. The van der Waals surface area contributed by atoms with E-state index >= 15 is 0 Å². The van der Waals surface area contributed by atoms with Gasteiger partial charge >= 0.3 is 0 Å². The fourth-order valence-corrected chi connectivity index (χ4v) is 0.771. The highest BCUT2D eigenvalue weighted by molar-refractivity contribution is 9.13. The van der Waals surface area contributed by atoms with Crippen LogP contribution in [0.15, 0.2) is 21.3 Å². The molecule has 9 heavy (non-hydrogen) atoms. The molecule has 0 amide bonds. The summed E-state index contributed by atoms with van der Waals surface area (Å²) in [5.41, 5.74) is 0. The summed E-state index contributed by atoms with van der Waals surface area (Å²) in [6.45, 7) is 0. The number of hydrogen-bond donors (Lipinski definition) is 0. The summed E-state index contributed by atoms with van der Waals surface area (Å²) in [7, 11) is 0. The maximum Gasteiger partial charge on any atom is 0.141 e. The molecule has 0 spiro atoms. The van der Waals surface area contributed by atoms with E-state index in [-0.39, 0.29) is 15.2 Å². The largest absolute Gasteiger partial charge is 0.248 e. The minimum atomic E-state index is -0.767. The first-order valence-corrected chi connectivity index (χ1v) is 3.60. The van der Waals surface area contributed by atoms with Crippen molar-refractivity contribution in [1.29, 1.82) is 0 Å². The van der Waals surface area contributed by atoms with Crippen molar-refractivity contribution in [2.45, 2.75) is 0 Å². The molecule has 48 valence electrons. The van der Waals surface area contributed by atoms with E-state index in [0.717, 1.165) is 0 Å². The summed E-state index contributed by atoms with van der Waals surface area (Å²) in [6, 6.07) is -0.500. The van der Waals surface area contributed by atoms with Crippen LogP contribution in [0.1, 0.15) is 2.74 Å². The predicted molar refractivity (Wildman–Crippen MR) is 39.6 cm³/mol. The molecule has 0 saturated carbocycles. The molecule has 1 nitrogen and oxygen atoms in total. The normalized spacial score (nSPS) is 12.8. The molecule has 1 aromatic rings. The summed E-state index contributed by atoms with van der Waals surface area (Å²) in [6.07, 6.45) is -0.377. The monoisotopic (exact) mass is 255 g/mol. The number of halogens is 3. The fraction of sp³-hybridized carbons (Fsp3) is 0. The fourth-order valence-electron chi connectivity index (χ4n) is 0.321. The van der Waals surface area contributed by atoms with Gasteiger partial charge in [0.2, 0.25) is 0 Å². The van der Waals surface area contributed by atoms with Crippen molar-refractivity contribution in [3.8, 4) is 0 Å². The summed E-state index contributed by atoms with van der Waals surface area (Å²) in [5, 5.41) is 0. The lowest BCUT2D eigenvalue weighted by atomic mass is 10.5. The minimum Gasteiger partial charge on any atom is -0.248 e. The molecule has 0 unspecified atom stereocenters. The van der Waals surface area contributed by atoms with Gasteiger partial charge < -0.3 is 0 Å². The number of pyridine rings is 1. The molecule has 0 fully saturated rings. The zero-order valence-electron chi connectivity index (χ0n) is 6.08. The van der Waals surface area contributed by atoms with Crippen molar-refractivity contribution in [3.05, 3.63) is 27.1 Å². The average Bonchev–Trinajstić information content (AvgIpc) is 1.97. The van der Waals surface area contributed by atoms with Gasteiger partial charge in [0.25, 0.3) is 0 Å². The van der Waals surface area contributed by atoms with Gasteiger partial charge in [-0.15, -0.1) is 0 Å². The molecule has 1 rings (SSSR count). The van der Waals surface area contributed by atoms with Crippen molar-refractivity contribution >= 4 is 31.9 Å². The quantitative estimate of drug-likeness (QED) is 0.651. The van der Waals surface area contributed by atoms with Crippen molar-refractivity contribution in [2.24, 2.45) is 0 Å². The molecule has 1 heterocycles. The molecule has 4 heteroatoms. The standard InChI is InChI=1S/C5H2Br2FN/c6-4-3(8)1-2-9-5(4)7/h1-2H/i1D,2D. The van der Waals surface area contributed by atoms with E-state index in [1.54, 1.807) is 0 Å². The Morgan fingerprint density at radius 1 is 1.67 bits per heavy atom. The van der Waals surface area contributed by atoms with Gasteiger partial charge in [-0.3, -0.25) is 0 Å². The Kier molecular flexibility index (Phi) is 1.46. The van der Waals surface area contributed by atoms with Crippen LogP contribution in [0.4, 0.5) is 4.39 Å². The number of rotatable bonds is 0. The zero-order chi connectivity index (χ0) is 8.59.